The minimum absolute atomic E-state index is 0.0436. The van der Waals surface area contributed by atoms with Gasteiger partial charge in [0.25, 0.3) is 6.71 Å². The fourth-order valence-electron chi connectivity index (χ4n) is 8.69. The van der Waals surface area contributed by atoms with Crippen molar-refractivity contribution in [2.45, 2.75) is 57.4 Å². The van der Waals surface area contributed by atoms with Crippen LogP contribution in [0.5, 0.6) is 0 Å². The van der Waals surface area contributed by atoms with Gasteiger partial charge in [-0.05, 0) is 85.1 Å². The van der Waals surface area contributed by atoms with E-state index in [0.29, 0.717) is 0 Å². The molecule has 1 fully saturated rings. The van der Waals surface area contributed by atoms with Crippen LogP contribution in [-0.4, -0.2) is 12.3 Å². The lowest BCUT2D eigenvalue weighted by molar-refractivity contribution is 0.195. The number of hydrogen-bond donors (Lipinski definition) is 0. The fourth-order valence-corrected chi connectivity index (χ4v) is 8.69. The number of furan rings is 1. The Morgan fingerprint density at radius 1 is 0.795 bits per heavy atom. The first-order chi connectivity index (χ1) is 19.0. The van der Waals surface area contributed by atoms with Gasteiger partial charge < -0.3 is 14.2 Å². The Balaban J connectivity index is 1.45. The summed E-state index contributed by atoms with van der Waals surface area (Å²) in [4.78, 5) is 5.24. The zero-order valence-corrected chi connectivity index (χ0v) is 22.8. The summed E-state index contributed by atoms with van der Waals surface area (Å²) in [5, 5.41) is 1.17. The van der Waals surface area contributed by atoms with Gasteiger partial charge in [0.15, 0.2) is 0 Å². The van der Waals surface area contributed by atoms with Gasteiger partial charge in [-0.25, -0.2) is 0 Å². The van der Waals surface area contributed by atoms with E-state index in [1.165, 1.54) is 81.6 Å². The molecule has 3 nitrogen and oxygen atoms in total. The second kappa shape index (κ2) is 7.18. The molecule has 0 amide bonds. The molecule has 0 spiro atoms. The van der Waals surface area contributed by atoms with E-state index in [0.717, 1.165) is 11.2 Å². The van der Waals surface area contributed by atoms with Gasteiger partial charge >= 0.3 is 0 Å². The van der Waals surface area contributed by atoms with Crippen LogP contribution in [0.4, 0.5) is 28.4 Å². The third kappa shape index (κ3) is 2.47. The van der Waals surface area contributed by atoms with Crippen molar-refractivity contribution in [2.75, 3.05) is 9.80 Å². The normalized spacial score (nSPS) is 23.9. The minimum atomic E-state index is 0.0436. The molecule has 5 aromatic rings. The highest BCUT2D eigenvalue weighted by atomic mass is 16.3. The molecule has 1 aromatic heterocycles. The van der Waals surface area contributed by atoms with Gasteiger partial charge in [-0.1, -0.05) is 68.3 Å². The number of hydrogen-bond acceptors (Lipinski definition) is 3. The van der Waals surface area contributed by atoms with Crippen LogP contribution in [0.25, 0.3) is 11.0 Å². The van der Waals surface area contributed by atoms with Crippen LogP contribution < -0.4 is 26.4 Å². The van der Waals surface area contributed by atoms with E-state index in [2.05, 4.69) is 116 Å². The van der Waals surface area contributed by atoms with Crippen LogP contribution in [0.1, 0.15) is 50.7 Å². The molecule has 190 valence electrons. The Morgan fingerprint density at radius 3 is 2.44 bits per heavy atom. The van der Waals surface area contributed by atoms with Crippen LogP contribution in [0.15, 0.2) is 89.3 Å². The first-order valence-corrected chi connectivity index (χ1v) is 14.5. The predicted molar refractivity (Wildman–Crippen MR) is 163 cm³/mol. The summed E-state index contributed by atoms with van der Waals surface area (Å²) in [6.45, 7) is 7.40. The SMILES string of the molecule is Cc1cc2c3c(c1)N1c4c(cccc4C4(C)CCCCC14C)B3c1oc3ccccc3c1N2c1ccccc1. The number of rotatable bonds is 1. The summed E-state index contributed by atoms with van der Waals surface area (Å²) in [6.07, 6.45) is 5.03. The summed E-state index contributed by atoms with van der Waals surface area (Å²) in [5.41, 5.74) is 14.2. The smallest absolute Gasteiger partial charge is 0.297 e. The standard InChI is InChI=1S/C35H31BN2O/c1-22-20-27-30-28(21-22)38-32-25(34(2)18-9-10-19-35(34,38)3)15-11-16-26(32)36(30)33-31(24-14-7-8-17-29(24)39-33)37(27)23-12-5-4-6-13-23/h4-8,11-17,20-21H,9-10,18-19H2,1-3H3. The topological polar surface area (TPSA) is 19.6 Å². The van der Waals surface area contributed by atoms with Gasteiger partial charge in [0.2, 0.25) is 0 Å². The average molecular weight is 506 g/mol. The minimum Gasteiger partial charge on any atom is -0.468 e. The van der Waals surface area contributed by atoms with E-state index in [4.69, 9.17) is 4.42 Å². The van der Waals surface area contributed by atoms with Gasteiger partial charge in [-0.15, -0.1) is 0 Å². The Hall–Kier alpha value is -3.92. The molecule has 2 unspecified atom stereocenters. The second-order valence-corrected chi connectivity index (χ2v) is 12.5. The lowest BCUT2D eigenvalue weighted by atomic mass is 9.35. The van der Waals surface area contributed by atoms with Crippen molar-refractivity contribution in [3.8, 4) is 0 Å². The van der Waals surface area contributed by atoms with Crippen molar-refractivity contribution in [3.05, 3.63) is 96.1 Å². The van der Waals surface area contributed by atoms with E-state index in [9.17, 15) is 0 Å². The second-order valence-electron chi connectivity index (χ2n) is 12.5. The van der Waals surface area contributed by atoms with Crippen molar-refractivity contribution >= 4 is 62.7 Å². The third-order valence-electron chi connectivity index (χ3n) is 10.6. The number of anilines is 5. The van der Waals surface area contributed by atoms with Gasteiger partial charge in [0.05, 0.1) is 16.9 Å². The summed E-state index contributed by atoms with van der Waals surface area (Å²) >= 11 is 0. The van der Waals surface area contributed by atoms with Crippen molar-refractivity contribution in [1.82, 2.24) is 0 Å². The first kappa shape index (κ1) is 22.0. The molecule has 0 radical (unpaired) electrons. The van der Waals surface area contributed by atoms with Crippen molar-refractivity contribution in [1.29, 1.82) is 0 Å². The molecule has 1 saturated carbocycles. The number of para-hydroxylation sites is 3. The molecular weight excluding hydrogens is 475 g/mol. The first-order valence-electron chi connectivity index (χ1n) is 14.5. The van der Waals surface area contributed by atoms with Crippen molar-refractivity contribution in [3.63, 3.8) is 0 Å². The summed E-state index contributed by atoms with van der Waals surface area (Å²) in [6, 6.07) is 31.3. The molecular formula is C35H31BN2O. The lowest BCUT2D eigenvalue weighted by Gasteiger charge is -2.52. The maximum Gasteiger partial charge on any atom is 0.297 e. The molecule has 4 aromatic carbocycles. The summed E-state index contributed by atoms with van der Waals surface area (Å²) in [5.74, 6) is 0. The van der Waals surface area contributed by atoms with Crippen molar-refractivity contribution < 1.29 is 4.42 Å². The molecule has 4 heteroatoms. The fraction of sp³-hybridized carbons (Fsp3) is 0.257. The molecule has 4 heterocycles. The van der Waals surface area contributed by atoms with Crippen LogP contribution in [0.3, 0.4) is 0 Å². The maximum atomic E-state index is 6.88. The Bertz CT molecular complexity index is 1840. The molecule has 0 bridgehead atoms. The third-order valence-corrected chi connectivity index (χ3v) is 10.6. The van der Waals surface area contributed by atoms with Crippen LogP contribution in [-0.2, 0) is 5.41 Å². The van der Waals surface area contributed by atoms with E-state index in [-0.39, 0.29) is 17.7 Å². The van der Waals surface area contributed by atoms with Crippen molar-refractivity contribution in [2.24, 2.45) is 0 Å². The number of nitrogens with zero attached hydrogens (tertiary/aromatic N) is 2. The molecule has 0 N–H and O–H groups in total. The van der Waals surface area contributed by atoms with Crippen LogP contribution >= 0.6 is 0 Å². The predicted octanol–water partition coefficient (Wildman–Crippen LogP) is 7.10. The highest BCUT2D eigenvalue weighted by Gasteiger charge is 2.61. The highest BCUT2D eigenvalue weighted by molar-refractivity contribution is 7.00. The molecule has 4 aliphatic rings. The number of aryl methyl sites for hydroxylation is 1. The molecule has 9 rings (SSSR count). The highest BCUT2D eigenvalue weighted by Crippen LogP contribution is 2.61. The maximum absolute atomic E-state index is 6.88. The number of benzene rings is 4. The molecule has 3 aliphatic heterocycles. The van der Waals surface area contributed by atoms with Gasteiger partial charge in [0.1, 0.15) is 5.58 Å². The Kier molecular flexibility index (Phi) is 4.04. The van der Waals surface area contributed by atoms with Gasteiger partial charge in [-0.2, -0.15) is 0 Å². The van der Waals surface area contributed by atoms with Crippen LogP contribution in [0, 0.1) is 6.92 Å². The largest absolute Gasteiger partial charge is 0.468 e. The lowest BCUT2D eigenvalue weighted by Crippen LogP contribution is -2.64. The van der Waals surface area contributed by atoms with E-state index >= 15 is 0 Å². The molecule has 2 atom stereocenters. The summed E-state index contributed by atoms with van der Waals surface area (Å²) < 4.78 is 6.88. The molecule has 1 aliphatic carbocycles. The zero-order valence-electron chi connectivity index (χ0n) is 22.8. The monoisotopic (exact) mass is 506 g/mol. The molecule has 39 heavy (non-hydrogen) atoms. The molecule has 0 saturated heterocycles. The van der Waals surface area contributed by atoms with Gasteiger partial charge in [0, 0.05) is 33.6 Å². The van der Waals surface area contributed by atoms with E-state index in [1.54, 1.807) is 0 Å². The quantitative estimate of drug-likeness (QED) is 0.222. The summed E-state index contributed by atoms with van der Waals surface area (Å²) in [7, 11) is 0. The Morgan fingerprint density at radius 2 is 1.56 bits per heavy atom. The van der Waals surface area contributed by atoms with E-state index in [1.807, 2.05) is 0 Å². The zero-order chi connectivity index (χ0) is 26.1. The number of fused-ring (bicyclic) bond motifs is 9. The average Bonchev–Trinajstić information content (AvgIpc) is 3.43. The Labute approximate surface area is 230 Å². The van der Waals surface area contributed by atoms with E-state index < -0.39 is 0 Å². The van der Waals surface area contributed by atoms with Gasteiger partial charge in [-0.3, -0.25) is 0 Å². The van der Waals surface area contributed by atoms with Crippen LogP contribution in [0.2, 0.25) is 0 Å².